The molecule has 2 aromatic carbocycles. The van der Waals surface area contributed by atoms with Crippen molar-refractivity contribution in [1.82, 2.24) is 0 Å². The minimum atomic E-state index is -0.221. The number of rotatable bonds is 6. The highest BCUT2D eigenvalue weighted by Crippen LogP contribution is 2.20. The lowest BCUT2D eigenvalue weighted by Gasteiger charge is -2.14. The summed E-state index contributed by atoms with van der Waals surface area (Å²) in [7, 11) is 1.77. The van der Waals surface area contributed by atoms with Crippen molar-refractivity contribution in [2.45, 2.75) is 0 Å². The van der Waals surface area contributed by atoms with Crippen molar-refractivity contribution in [3.05, 3.63) is 58.6 Å². The van der Waals surface area contributed by atoms with E-state index in [1.807, 2.05) is 24.3 Å². The molecule has 1 unspecified atom stereocenters. The van der Waals surface area contributed by atoms with Crippen LogP contribution in [0.2, 0.25) is 0 Å². The minimum absolute atomic E-state index is 0.139. The highest BCUT2D eigenvalue weighted by atomic mass is 79.9. The molecule has 0 aromatic heterocycles. The number of nitrogens with one attached hydrogen (secondary N) is 3. The van der Waals surface area contributed by atoms with Gasteiger partial charge >= 0.3 is 0 Å². The summed E-state index contributed by atoms with van der Waals surface area (Å²) in [6, 6.07) is 16.0. The Morgan fingerprint density at radius 1 is 1.08 bits per heavy atom. The van der Waals surface area contributed by atoms with Crippen molar-refractivity contribution in [2.24, 2.45) is 0 Å². The number of hydrogen-bond donors (Lipinski definition) is 3. The fraction of sp³-hybridized carbons (Fsp3) is 0.167. The van der Waals surface area contributed by atoms with Crippen LogP contribution in [0.3, 0.4) is 0 Å². The van der Waals surface area contributed by atoms with Gasteiger partial charge in [0.1, 0.15) is 0 Å². The Kier molecular flexibility index (Phi) is 6.69. The molecule has 0 aliphatic rings. The van der Waals surface area contributed by atoms with Gasteiger partial charge in [-0.25, -0.2) is 0 Å². The van der Waals surface area contributed by atoms with Crippen LogP contribution in [-0.4, -0.2) is 32.0 Å². The van der Waals surface area contributed by atoms with Gasteiger partial charge in [0, 0.05) is 10.2 Å². The first-order valence-corrected chi connectivity index (χ1v) is 8.43. The second-order valence-corrected chi connectivity index (χ2v) is 6.43. The van der Waals surface area contributed by atoms with E-state index in [0.29, 0.717) is 16.9 Å². The van der Waals surface area contributed by atoms with Gasteiger partial charge in [0.15, 0.2) is 13.1 Å². The molecule has 1 atom stereocenters. The van der Waals surface area contributed by atoms with Crippen LogP contribution in [0.25, 0.3) is 0 Å². The third-order valence-corrected chi connectivity index (χ3v) is 4.04. The first-order chi connectivity index (χ1) is 12.0. The Hall–Kier alpha value is -2.69. The van der Waals surface area contributed by atoms with Gasteiger partial charge in [-0.3, -0.25) is 9.59 Å². The van der Waals surface area contributed by atoms with Gasteiger partial charge < -0.3 is 15.5 Å². The fourth-order valence-corrected chi connectivity index (χ4v) is 2.62. The molecular weight excluding hydrogens is 384 g/mol. The van der Waals surface area contributed by atoms with E-state index in [9.17, 15) is 9.59 Å². The van der Waals surface area contributed by atoms with Crippen LogP contribution in [0.1, 0.15) is 5.56 Å². The fourth-order valence-electron chi connectivity index (χ4n) is 2.24. The second kappa shape index (κ2) is 8.97. The SMILES string of the molecule is C[NH+](CC(=O)Nc1cccc(C#N)c1)CC(=O)Nc1ccccc1Br. The molecule has 128 valence electrons. The van der Waals surface area contributed by atoms with Crippen molar-refractivity contribution in [3.63, 3.8) is 0 Å². The van der Waals surface area contributed by atoms with Crippen LogP contribution in [-0.2, 0) is 9.59 Å². The molecule has 0 saturated heterocycles. The van der Waals surface area contributed by atoms with E-state index < -0.39 is 0 Å². The number of carbonyl (C=O) groups excluding carboxylic acids is 2. The van der Waals surface area contributed by atoms with E-state index >= 15 is 0 Å². The van der Waals surface area contributed by atoms with Crippen molar-refractivity contribution in [2.75, 3.05) is 30.8 Å². The lowest BCUT2D eigenvalue weighted by Crippen LogP contribution is -3.11. The molecule has 2 amide bonds. The zero-order chi connectivity index (χ0) is 18.2. The summed E-state index contributed by atoms with van der Waals surface area (Å²) < 4.78 is 0.802. The Labute approximate surface area is 154 Å². The first kappa shape index (κ1) is 18.6. The molecule has 0 bridgehead atoms. The molecule has 0 saturated carbocycles. The largest absolute Gasteiger partial charge is 0.322 e. The van der Waals surface area contributed by atoms with E-state index in [0.717, 1.165) is 9.37 Å². The minimum Gasteiger partial charge on any atom is -0.322 e. The number of nitrogens with zero attached hydrogens (tertiary/aromatic N) is 1. The van der Waals surface area contributed by atoms with Crippen molar-refractivity contribution < 1.29 is 14.5 Å². The zero-order valence-electron chi connectivity index (χ0n) is 13.7. The third-order valence-electron chi connectivity index (χ3n) is 3.35. The highest BCUT2D eigenvalue weighted by Gasteiger charge is 2.15. The number of likely N-dealkylation sites (N-methyl/N-ethyl adjacent to an activating group) is 1. The maximum absolute atomic E-state index is 12.1. The number of halogens is 1. The molecule has 0 heterocycles. The van der Waals surface area contributed by atoms with E-state index in [2.05, 4.69) is 26.6 Å². The Morgan fingerprint density at radius 2 is 1.76 bits per heavy atom. The molecular formula is C18H18BrN4O2+. The highest BCUT2D eigenvalue weighted by molar-refractivity contribution is 9.10. The summed E-state index contributed by atoms with van der Waals surface area (Å²) in [5, 5.41) is 14.4. The van der Waals surface area contributed by atoms with Crippen LogP contribution in [0.4, 0.5) is 11.4 Å². The predicted octanol–water partition coefficient (Wildman–Crippen LogP) is 1.41. The van der Waals surface area contributed by atoms with Crippen molar-refractivity contribution >= 4 is 39.1 Å². The molecule has 2 aromatic rings. The summed E-state index contributed by atoms with van der Waals surface area (Å²) in [6.45, 7) is 0.299. The van der Waals surface area contributed by atoms with Crippen LogP contribution in [0.15, 0.2) is 53.0 Å². The number of anilines is 2. The van der Waals surface area contributed by atoms with E-state index in [1.54, 1.807) is 37.4 Å². The average molecular weight is 402 g/mol. The monoisotopic (exact) mass is 401 g/mol. The zero-order valence-corrected chi connectivity index (χ0v) is 15.3. The predicted molar refractivity (Wildman–Crippen MR) is 99.2 cm³/mol. The molecule has 6 nitrogen and oxygen atoms in total. The van der Waals surface area contributed by atoms with E-state index in [4.69, 9.17) is 5.26 Å². The number of benzene rings is 2. The van der Waals surface area contributed by atoms with Gasteiger partial charge in [0.25, 0.3) is 11.8 Å². The number of hydrogen-bond acceptors (Lipinski definition) is 3. The number of carbonyl (C=O) groups is 2. The standard InChI is InChI=1S/C18H17BrN4O2/c1-23(12-18(25)22-16-8-3-2-7-15(16)19)11-17(24)21-14-6-4-5-13(9-14)10-20/h2-9H,11-12H2,1H3,(H,21,24)(H,22,25)/p+1. The van der Waals surface area contributed by atoms with Gasteiger partial charge in [-0.2, -0.15) is 5.26 Å². The Morgan fingerprint density at radius 3 is 2.44 bits per heavy atom. The normalized spacial score (nSPS) is 11.2. The molecule has 0 aliphatic heterocycles. The molecule has 2 rings (SSSR count). The molecule has 25 heavy (non-hydrogen) atoms. The maximum atomic E-state index is 12.1. The molecule has 0 spiro atoms. The number of quaternary nitrogens is 1. The Bertz CT molecular complexity index is 817. The van der Waals surface area contributed by atoms with Crippen LogP contribution in [0, 0.1) is 11.3 Å². The lowest BCUT2D eigenvalue weighted by atomic mass is 10.2. The lowest BCUT2D eigenvalue weighted by molar-refractivity contribution is -0.862. The Balaban J connectivity index is 1.83. The number of para-hydroxylation sites is 1. The smallest absolute Gasteiger partial charge is 0.279 e. The van der Waals surface area contributed by atoms with Gasteiger partial charge in [0.2, 0.25) is 0 Å². The third kappa shape index (κ3) is 6.03. The topological polar surface area (TPSA) is 86.4 Å². The molecule has 0 fully saturated rings. The van der Waals surface area contributed by atoms with Crippen LogP contribution < -0.4 is 15.5 Å². The molecule has 3 N–H and O–H groups in total. The summed E-state index contributed by atoms with van der Waals surface area (Å²) in [4.78, 5) is 24.9. The van der Waals surface area contributed by atoms with E-state index in [1.165, 1.54) is 0 Å². The van der Waals surface area contributed by atoms with Crippen LogP contribution >= 0.6 is 15.9 Å². The summed E-state index contributed by atoms with van der Waals surface area (Å²) in [5.41, 5.74) is 1.74. The van der Waals surface area contributed by atoms with Gasteiger partial charge in [0.05, 0.1) is 24.4 Å². The van der Waals surface area contributed by atoms with Gasteiger partial charge in [-0.15, -0.1) is 0 Å². The molecule has 7 heteroatoms. The summed E-state index contributed by atoms with van der Waals surface area (Å²) in [5.74, 6) is -0.398. The van der Waals surface area contributed by atoms with Gasteiger partial charge in [-0.1, -0.05) is 18.2 Å². The summed E-state index contributed by atoms with van der Waals surface area (Å²) in [6.07, 6.45) is 0. The number of nitriles is 1. The van der Waals surface area contributed by atoms with E-state index in [-0.39, 0.29) is 24.9 Å². The molecule has 0 radical (unpaired) electrons. The van der Waals surface area contributed by atoms with Crippen LogP contribution in [0.5, 0.6) is 0 Å². The summed E-state index contributed by atoms with van der Waals surface area (Å²) >= 11 is 3.37. The van der Waals surface area contributed by atoms with Crippen molar-refractivity contribution in [1.29, 1.82) is 5.26 Å². The van der Waals surface area contributed by atoms with Crippen molar-refractivity contribution in [3.8, 4) is 6.07 Å². The maximum Gasteiger partial charge on any atom is 0.279 e. The first-order valence-electron chi connectivity index (χ1n) is 7.63. The molecule has 0 aliphatic carbocycles. The average Bonchev–Trinajstić information content (AvgIpc) is 2.56. The number of amides is 2. The second-order valence-electron chi connectivity index (χ2n) is 5.58. The van der Waals surface area contributed by atoms with Gasteiger partial charge in [-0.05, 0) is 46.3 Å². The quantitative estimate of drug-likeness (QED) is 0.683.